The van der Waals surface area contributed by atoms with Crippen LogP contribution in [-0.4, -0.2) is 15.0 Å². The van der Waals surface area contributed by atoms with Crippen molar-refractivity contribution in [1.29, 1.82) is 0 Å². The van der Waals surface area contributed by atoms with Gasteiger partial charge in [0.1, 0.15) is 11.2 Å². The van der Waals surface area contributed by atoms with E-state index >= 15 is 0 Å². The van der Waals surface area contributed by atoms with Gasteiger partial charge in [0.05, 0.1) is 12.3 Å². The molecule has 224 valence electrons. The van der Waals surface area contributed by atoms with Crippen LogP contribution in [0.25, 0.3) is 98.2 Å². The van der Waals surface area contributed by atoms with Crippen molar-refractivity contribution in [2.75, 3.05) is 0 Å². The molecule has 10 aromatic rings. The van der Waals surface area contributed by atoms with E-state index in [4.69, 9.17) is 27.6 Å². The van der Waals surface area contributed by atoms with Crippen molar-refractivity contribution in [3.63, 3.8) is 0 Å². The number of rotatable bonds is 4. The van der Waals surface area contributed by atoms with Gasteiger partial charge < -0.3 is 4.42 Å². The Labute approximate surface area is 292 Å². The van der Waals surface area contributed by atoms with Gasteiger partial charge in [-0.2, -0.15) is 0 Å². The summed E-state index contributed by atoms with van der Waals surface area (Å²) in [6.45, 7) is 0. The number of aromatic nitrogens is 3. The minimum absolute atomic E-state index is 0.0508. The molecule has 0 N–H and O–H groups in total. The molecule has 0 aliphatic rings. The predicted molar refractivity (Wildman–Crippen MR) is 199 cm³/mol. The average Bonchev–Trinajstić information content (AvgIpc) is 3.83. The Hall–Kier alpha value is -6.17. The summed E-state index contributed by atoms with van der Waals surface area (Å²) in [7, 11) is 0. The smallest absolute Gasteiger partial charge is 0.165 e. The van der Waals surface area contributed by atoms with Crippen molar-refractivity contribution >= 4 is 64.2 Å². The van der Waals surface area contributed by atoms with Gasteiger partial charge in [-0.15, -0.1) is 11.3 Å². The maximum absolute atomic E-state index is 9.47. The lowest BCUT2D eigenvalue weighted by atomic mass is 9.97. The fraction of sp³-hybridized carbons (Fsp3) is 0. The largest absolute Gasteiger partial charge is 0.455 e. The van der Waals surface area contributed by atoms with Crippen molar-refractivity contribution < 1.29 is 16.8 Å². The lowest BCUT2D eigenvalue weighted by molar-refractivity contribution is 0.673. The van der Waals surface area contributed by atoms with Gasteiger partial charge in [-0.05, 0) is 46.8 Å². The summed E-state index contributed by atoms with van der Waals surface area (Å²) < 4.78 is 87.6. The highest BCUT2D eigenvalue weighted by molar-refractivity contribution is 7.26. The van der Waals surface area contributed by atoms with Crippen LogP contribution < -0.4 is 0 Å². The number of fused-ring (bicyclic) bond motifs is 8. The second kappa shape index (κ2) is 10.7. The topological polar surface area (TPSA) is 51.8 Å². The third kappa shape index (κ3) is 4.25. The van der Waals surface area contributed by atoms with E-state index in [1.807, 2.05) is 72.8 Å². The number of hydrogen-bond donors (Lipinski definition) is 0. The monoisotopic (exact) mass is 640 g/mol. The molecule has 0 fully saturated rings. The average molecular weight is 641 g/mol. The Kier molecular flexibility index (Phi) is 4.34. The molecule has 3 aromatic heterocycles. The van der Waals surface area contributed by atoms with Crippen LogP contribution in [0, 0.1) is 0 Å². The molecular weight excluding hydrogens is 607 g/mol. The van der Waals surface area contributed by atoms with Crippen LogP contribution in [0.5, 0.6) is 0 Å². The van der Waals surface area contributed by atoms with Crippen LogP contribution in [0.3, 0.4) is 0 Å². The molecule has 48 heavy (non-hydrogen) atoms. The molecule has 0 spiro atoms. The second-order valence-electron chi connectivity index (χ2n) is 11.3. The SMILES string of the molecule is [2H]c1c([2H])c([2H])c2c(c1[2H])c([2H])c([2H])c1c2oc2c([2H])c(-c3nc(-c4ccccc4)nc(-c4ccc(-c5ccccc5)c5c4sc4ccccc45)n3)c([2H])c([2H])c21. The normalized spacial score (nSPS) is 14.4. The highest BCUT2D eigenvalue weighted by atomic mass is 32.1. The summed E-state index contributed by atoms with van der Waals surface area (Å²) in [6.07, 6.45) is 0. The van der Waals surface area contributed by atoms with E-state index in [2.05, 4.69) is 24.3 Å². The molecule has 4 nitrogen and oxygen atoms in total. The van der Waals surface area contributed by atoms with Crippen molar-refractivity contribution in [1.82, 2.24) is 15.0 Å². The first kappa shape index (κ1) is 19.5. The quantitative estimate of drug-likeness (QED) is 0.192. The first-order valence-electron chi connectivity index (χ1n) is 19.7. The van der Waals surface area contributed by atoms with Crippen LogP contribution in [0.4, 0.5) is 0 Å². The number of nitrogens with zero attached hydrogens (tertiary/aromatic N) is 3. The van der Waals surface area contributed by atoms with E-state index in [1.54, 1.807) is 11.3 Å². The third-order valence-corrected chi connectivity index (χ3v) is 9.63. The van der Waals surface area contributed by atoms with Crippen LogP contribution in [0.1, 0.15) is 12.3 Å². The summed E-state index contributed by atoms with van der Waals surface area (Å²) in [5, 5.41) is 1.60. The Morgan fingerprint density at radius 3 is 2.06 bits per heavy atom. The summed E-state index contributed by atoms with van der Waals surface area (Å²) in [5.74, 6) is 0.519. The molecule has 0 bridgehead atoms. The second-order valence-corrected chi connectivity index (χ2v) is 12.3. The van der Waals surface area contributed by atoms with Crippen molar-refractivity contribution in [2.45, 2.75) is 0 Å². The number of thiophene rings is 1. The zero-order valence-corrected chi connectivity index (χ0v) is 25.7. The van der Waals surface area contributed by atoms with E-state index in [1.165, 1.54) is 0 Å². The highest BCUT2D eigenvalue weighted by Crippen LogP contribution is 2.44. The molecule has 0 unspecified atom stereocenters. The van der Waals surface area contributed by atoms with Gasteiger partial charge in [0.15, 0.2) is 17.5 Å². The fourth-order valence-electron chi connectivity index (χ4n) is 6.20. The maximum Gasteiger partial charge on any atom is 0.165 e. The fourth-order valence-corrected chi connectivity index (χ4v) is 7.44. The highest BCUT2D eigenvalue weighted by Gasteiger charge is 2.20. The molecule has 5 heteroatoms. The standard InChI is InChI=1S/C43H25N3OS/c1-3-11-26(12-4-1)30-23-24-35(40-38(30)34-17-9-10-18-37(34)48-40)43-45-41(28-14-5-2-6-15-28)44-42(46-43)29-20-21-32-33-22-19-27-13-7-8-16-31(27)39(33)47-36(32)25-29/h1-25H/i7D,8D,13D,16D,19D,20D,21D,22D,25D. The van der Waals surface area contributed by atoms with E-state index < -0.39 is 48.3 Å². The van der Waals surface area contributed by atoms with Gasteiger partial charge >= 0.3 is 0 Å². The lowest BCUT2D eigenvalue weighted by Gasteiger charge is -2.11. The number of benzene rings is 7. The molecule has 0 aliphatic carbocycles. The zero-order chi connectivity index (χ0) is 39.4. The summed E-state index contributed by atoms with van der Waals surface area (Å²) >= 11 is 1.61. The Balaban J connectivity index is 1.28. The van der Waals surface area contributed by atoms with Gasteiger partial charge in [0, 0.05) is 53.0 Å². The van der Waals surface area contributed by atoms with Crippen molar-refractivity contribution in [3.05, 3.63) is 151 Å². The van der Waals surface area contributed by atoms with Crippen molar-refractivity contribution in [3.8, 4) is 45.3 Å². The lowest BCUT2D eigenvalue weighted by Crippen LogP contribution is -2.00. The van der Waals surface area contributed by atoms with Crippen LogP contribution in [0.15, 0.2) is 156 Å². The predicted octanol–water partition coefficient (Wildman–Crippen LogP) is 12.0. The zero-order valence-electron chi connectivity index (χ0n) is 33.9. The van der Waals surface area contributed by atoms with E-state index in [0.29, 0.717) is 17.0 Å². The molecule has 0 saturated carbocycles. The van der Waals surface area contributed by atoms with Gasteiger partial charge in [-0.1, -0.05) is 121 Å². The maximum atomic E-state index is 9.47. The first-order valence-corrected chi connectivity index (χ1v) is 16.0. The Morgan fingerprint density at radius 2 is 1.21 bits per heavy atom. The van der Waals surface area contributed by atoms with Gasteiger partial charge in [0.25, 0.3) is 0 Å². The molecule has 0 amide bonds. The third-order valence-electron chi connectivity index (χ3n) is 8.43. The van der Waals surface area contributed by atoms with E-state index in [-0.39, 0.29) is 56.0 Å². The molecule has 10 rings (SSSR count). The van der Waals surface area contributed by atoms with Gasteiger partial charge in [0.2, 0.25) is 0 Å². The van der Waals surface area contributed by atoms with Gasteiger partial charge in [-0.25, -0.2) is 15.0 Å². The molecule has 0 atom stereocenters. The first-order chi connectivity index (χ1) is 27.5. The minimum atomic E-state index is -0.559. The summed E-state index contributed by atoms with van der Waals surface area (Å²) in [4.78, 5) is 14.7. The summed E-state index contributed by atoms with van der Waals surface area (Å²) in [5.41, 5.74) is 2.98. The minimum Gasteiger partial charge on any atom is -0.455 e. The molecule has 3 heterocycles. The van der Waals surface area contributed by atoms with Crippen LogP contribution in [-0.2, 0) is 0 Å². The molecular formula is C43H25N3OS. The van der Waals surface area contributed by atoms with E-state index in [0.717, 1.165) is 31.3 Å². The van der Waals surface area contributed by atoms with Crippen molar-refractivity contribution in [2.24, 2.45) is 0 Å². The molecule has 0 saturated heterocycles. The molecule has 0 aliphatic heterocycles. The van der Waals surface area contributed by atoms with E-state index in [9.17, 15) is 4.11 Å². The number of furan rings is 1. The Morgan fingerprint density at radius 1 is 0.521 bits per heavy atom. The number of hydrogen-bond acceptors (Lipinski definition) is 5. The van der Waals surface area contributed by atoms with Crippen LogP contribution in [0.2, 0.25) is 0 Å². The molecule has 7 aromatic carbocycles. The Bertz CT molecular complexity index is 3350. The van der Waals surface area contributed by atoms with Gasteiger partial charge in [-0.3, -0.25) is 0 Å². The summed E-state index contributed by atoms with van der Waals surface area (Å²) in [6, 6.07) is 27.4. The molecule has 0 radical (unpaired) electrons. The van der Waals surface area contributed by atoms with Crippen LogP contribution >= 0.6 is 11.3 Å².